The first-order valence-electron chi connectivity index (χ1n) is 7.96. The monoisotopic (exact) mass is 275 g/mol. The zero-order valence-electron chi connectivity index (χ0n) is 13.2. The number of benzene rings is 1. The second-order valence-electron chi connectivity index (χ2n) is 6.43. The van der Waals surface area contributed by atoms with Crippen molar-refractivity contribution < 1.29 is 4.74 Å². The van der Waals surface area contributed by atoms with Gasteiger partial charge in [-0.05, 0) is 35.7 Å². The topological polar surface area (TPSA) is 21.3 Å². The van der Waals surface area contributed by atoms with E-state index < -0.39 is 0 Å². The number of methoxy groups -OCH3 is 1. The third kappa shape index (κ3) is 3.83. The fraction of sp³-hybridized carbons (Fsp3) is 0.667. The lowest BCUT2D eigenvalue weighted by Gasteiger charge is -2.30. The van der Waals surface area contributed by atoms with E-state index in [4.69, 9.17) is 4.74 Å². The Kier molecular flexibility index (Phi) is 5.62. The van der Waals surface area contributed by atoms with Crippen molar-refractivity contribution >= 4 is 0 Å². The summed E-state index contributed by atoms with van der Waals surface area (Å²) >= 11 is 0. The summed E-state index contributed by atoms with van der Waals surface area (Å²) < 4.78 is 5.12. The third-order valence-corrected chi connectivity index (χ3v) is 4.75. The molecule has 3 unspecified atom stereocenters. The maximum absolute atomic E-state index is 5.12. The lowest BCUT2D eigenvalue weighted by atomic mass is 9.79. The van der Waals surface area contributed by atoms with Crippen molar-refractivity contribution in [3.8, 4) is 0 Å². The first kappa shape index (κ1) is 15.5. The molecule has 1 aliphatic carbocycles. The van der Waals surface area contributed by atoms with E-state index in [0.29, 0.717) is 5.41 Å². The molecule has 112 valence electrons. The molecule has 1 aromatic rings. The SMILES string of the molecule is CCCC(C)(CNCCOC)C1CC1c1ccccc1. The van der Waals surface area contributed by atoms with Crippen LogP contribution in [0.25, 0.3) is 0 Å². The van der Waals surface area contributed by atoms with Crippen molar-refractivity contribution in [3.63, 3.8) is 0 Å². The van der Waals surface area contributed by atoms with Gasteiger partial charge in [0.15, 0.2) is 0 Å². The Labute approximate surface area is 123 Å². The van der Waals surface area contributed by atoms with Crippen molar-refractivity contribution in [1.29, 1.82) is 0 Å². The van der Waals surface area contributed by atoms with E-state index in [1.807, 2.05) is 0 Å². The number of nitrogens with one attached hydrogen (secondary N) is 1. The first-order chi connectivity index (χ1) is 9.71. The van der Waals surface area contributed by atoms with E-state index in [-0.39, 0.29) is 0 Å². The molecule has 1 N–H and O–H groups in total. The Bertz CT molecular complexity index is 392. The number of ether oxygens (including phenoxy) is 1. The van der Waals surface area contributed by atoms with Gasteiger partial charge in [-0.25, -0.2) is 0 Å². The highest BCUT2D eigenvalue weighted by molar-refractivity contribution is 5.27. The highest BCUT2D eigenvalue weighted by atomic mass is 16.5. The predicted octanol–water partition coefficient (Wildman–Crippen LogP) is 3.83. The standard InChI is InChI=1S/C18H29NO/c1-4-10-18(2,14-19-11-12-20-3)17-13-16(17)15-8-6-5-7-9-15/h5-9,16-17,19H,4,10-14H2,1-3H3. The minimum Gasteiger partial charge on any atom is -0.383 e. The summed E-state index contributed by atoms with van der Waals surface area (Å²) in [5.74, 6) is 1.61. The molecule has 0 aromatic heterocycles. The zero-order chi connectivity index (χ0) is 14.4. The van der Waals surface area contributed by atoms with Gasteiger partial charge in [0.2, 0.25) is 0 Å². The number of hydrogen-bond donors (Lipinski definition) is 1. The van der Waals surface area contributed by atoms with Crippen LogP contribution >= 0.6 is 0 Å². The predicted molar refractivity (Wildman–Crippen MR) is 85.1 cm³/mol. The minimum atomic E-state index is 0.420. The maximum Gasteiger partial charge on any atom is 0.0587 e. The second-order valence-corrected chi connectivity index (χ2v) is 6.43. The molecule has 0 bridgehead atoms. The lowest BCUT2D eigenvalue weighted by Crippen LogP contribution is -2.35. The average Bonchev–Trinajstić information content (AvgIpc) is 3.26. The first-order valence-corrected chi connectivity index (χ1v) is 7.96. The molecule has 0 heterocycles. The van der Waals surface area contributed by atoms with Gasteiger partial charge in [0, 0.05) is 20.2 Å². The number of rotatable bonds is 9. The molecule has 1 fully saturated rings. The summed E-state index contributed by atoms with van der Waals surface area (Å²) in [7, 11) is 1.76. The van der Waals surface area contributed by atoms with E-state index in [1.165, 1.54) is 24.8 Å². The summed E-state index contributed by atoms with van der Waals surface area (Å²) in [6.45, 7) is 7.63. The van der Waals surface area contributed by atoms with E-state index in [1.54, 1.807) is 7.11 Å². The van der Waals surface area contributed by atoms with E-state index in [9.17, 15) is 0 Å². The average molecular weight is 275 g/mol. The molecule has 2 rings (SSSR count). The van der Waals surface area contributed by atoms with Gasteiger partial charge in [-0.2, -0.15) is 0 Å². The van der Waals surface area contributed by atoms with Gasteiger partial charge < -0.3 is 10.1 Å². The summed E-state index contributed by atoms with van der Waals surface area (Å²) in [5, 5.41) is 3.58. The Balaban J connectivity index is 1.92. The highest BCUT2D eigenvalue weighted by Crippen LogP contribution is 2.58. The van der Waals surface area contributed by atoms with Gasteiger partial charge in [0.05, 0.1) is 6.61 Å². The molecule has 1 saturated carbocycles. The molecular formula is C18H29NO. The van der Waals surface area contributed by atoms with Gasteiger partial charge in [0.25, 0.3) is 0 Å². The molecule has 2 nitrogen and oxygen atoms in total. The fourth-order valence-corrected chi connectivity index (χ4v) is 3.56. The summed E-state index contributed by atoms with van der Waals surface area (Å²) in [5.41, 5.74) is 1.94. The van der Waals surface area contributed by atoms with Crippen LogP contribution in [-0.2, 0) is 4.74 Å². The van der Waals surface area contributed by atoms with Crippen molar-refractivity contribution in [2.24, 2.45) is 11.3 Å². The lowest BCUT2D eigenvalue weighted by molar-refractivity contribution is 0.182. The van der Waals surface area contributed by atoms with Crippen molar-refractivity contribution in [2.45, 2.75) is 39.0 Å². The summed E-state index contributed by atoms with van der Waals surface area (Å²) in [6, 6.07) is 11.0. The van der Waals surface area contributed by atoms with Crippen LogP contribution in [0.5, 0.6) is 0 Å². The summed E-state index contributed by atoms with van der Waals surface area (Å²) in [6.07, 6.45) is 3.92. The number of hydrogen-bond acceptors (Lipinski definition) is 2. The molecular weight excluding hydrogens is 246 g/mol. The van der Waals surface area contributed by atoms with Crippen molar-refractivity contribution in [1.82, 2.24) is 5.32 Å². The van der Waals surface area contributed by atoms with Crippen LogP contribution in [0, 0.1) is 11.3 Å². The molecule has 1 aliphatic rings. The molecule has 0 radical (unpaired) electrons. The smallest absolute Gasteiger partial charge is 0.0587 e. The third-order valence-electron chi connectivity index (χ3n) is 4.75. The molecule has 1 aromatic carbocycles. The Hall–Kier alpha value is -0.860. The molecule has 0 amide bonds. The normalized spacial score (nSPS) is 24.4. The molecule has 0 saturated heterocycles. The fourth-order valence-electron chi connectivity index (χ4n) is 3.56. The summed E-state index contributed by atoms with van der Waals surface area (Å²) in [4.78, 5) is 0. The molecule has 0 spiro atoms. The van der Waals surface area contributed by atoms with Crippen molar-refractivity contribution in [3.05, 3.63) is 35.9 Å². The van der Waals surface area contributed by atoms with Crippen LogP contribution in [0.4, 0.5) is 0 Å². The largest absolute Gasteiger partial charge is 0.383 e. The molecule has 3 atom stereocenters. The maximum atomic E-state index is 5.12. The molecule has 20 heavy (non-hydrogen) atoms. The molecule has 0 aliphatic heterocycles. The van der Waals surface area contributed by atoms with Crippen LogP contribution in [0.2, 0.25) is 0 Å². The highest BCUT2D eigenvalue weighted by Gasteiger charge is 2.49. The van der Waals surface area contributed by atoms with Crippen LogP contribution in [-0.4, -0.2) is 26.8 Å². The van der Waals surface area contributed by atoms with Gasteiger partial charge in [-0.3, -0.25) is 0 Å². The van der Waals surface area contributed by atoms with Gasteiger partial charge in [-0.15, -0.1) is 0 Å². The van der Waals surface area contributed by atoms with E-state index in [0.717, 1.165) is 31.5 Å². The Morgan fingerprint density at radius 2 is 2.05 bits per heavy atom. The quantitative estimate of drug-likeness (QED) is 0.692. The Morgan fingerprint density at radius 3 is 2.70 bits per heavy atom. The second kappa shape index (κ2) is 7.24. The Morgan fingerprint density at radius 1 is 1.30 bits per heavy atom. The van der Waals surface area contributed by atoms with Crippen LogP contribution < -0.4 is 5.32 Å². The zero-order valence-corrected chi connectivity index (χ0v) is 13.2. The molecule has 2 heteroatoms. The van der Waals surface area contributed by atoms with Gasteiger partial charge >= 0.3 is 0 Å². The van der Waals surface area contributed by atoms with Gasteiger partial charge in [-0.1, -0.05) is 50.6 Å². The van der Waals surface area contributed by atoms with E-state index >= 15 is 0 Å². The van der Waals surface area contributed by atoms with Crippen LogP contribution in [0.15, 0.2) is 30.3 Å². The van der Waals surface area contributed by atoms with Crippen LogP contribution in [0.3, 0.4) is 0 Å². The van der Waals surface area contributed by atoms with Crippen molar-refractivity contribution in [2.75, 3.05) is 26.8 Å². The van der Waals surface area contributed by atoms with Gasteiger partial charge in [0.1, 0.15) is 0 Å². The van der Waals surface area contributed by atoms with E-state index in [2.05, 4.69) is 49.5 Å². The van der Waals surface area contributed by atoms with Crippen LogP contribution in [0.1, 0.15) is 44.6 Å². The minimum absolute atomic E-state index is 0.420.